The van der Waals surface area contributed by atoms with Crippen LogP contribution in [0.25, 0.3) is 0 Å². The second-order valence-corrected chi connectivity index (χ2v) is 4.47. The van der Waals surface area contributed by atoms with Crippen molar-refractivity contribution in [3.05, 3.63) is 24.3 Å². The number of carbonyl (C=O) groups excluding carboxylic acids is 1. The van der Waals surface area contributed by atoms with Gasteiger partial charge in [0.25, 0.3) is 5.91 Å². The molecule has 0 spiro atoms. The SMILES string of the molecule is CCOc1ccc(OCC(=O)NC(CC(F)(F)F)C(=O)O)cc1. The summed E-state index contributed by atoms with van der Waals surface area (Å²) in [6.07, 6.45) is -6.36. The molecule has 0 aliphatic rings. The molecular weight excluding hydrogens is 319 g/mol. The van der Waals surface area contributed by atoms with Gasteiger partial charge >= 0.3 is 12.1 Å². The predicted molar refractivity (Wildman–Crippen MR) is 73.3 cm³/mol. The molecule has 128 valence electrons. The Morgan fingerprint density at radius 3 is 2.13 bits per heavy atom. The number of carboxylic acid groups (broad SMARTS) is 1. The molecule has 0 aliphatic heterocycles. The van der Waals surface area contributed by atoms with Crippen LogP contribution in [0.2, 0.25) is 0 Å². The molecule has 0 aromatic heterocycles. The number of nitrogens with one attached hydrogen (secondary N) is 1. The van der Waals surface area contributed by atoms with Crippen molar-refractivity contribution in [1.29, 1.82) is 0 Å². The summed E-state index contributed by atoms with van der Waals surface area (Å²) in [5.41, 5.74) is 0. The molecule has 0 saturated carbocycles. The van der Waals surface area contributed by atoms with E-state index in [9.17, 15) is 22.8 Å². The summed E-state index contributed by atoms with van der Waals surface area (Å²) in [7, 11) is 0. The Morgan fingerprint density at radius 1 is 1.17 bits per heavy atom. The maximum absolute atomic E-state index is 12.2. The van der Waals surface area contributed by atoms with Gasteiger partial charge in [-0.15, -0.1) is 0 Å². The minimum absolute atomic E-state index is 0.297. The molecule has 0 saturated heterocycles. The summed E-state index contributed by atoms with van der Waals surface area (Å²) in [6, 6.07) is 4.18. The standard InChI is InChI=1S/C14H16F3NO5/c1-2-22-9-3-5-10(6-4-9)23-8-12(19)18-11(13(20)21)7-14(15,16)17/h3-6,11H,2,7-8H2,1H3,(H,18,19)(H,20,21). The molecule has 1 amide bonds. The van der Waals surface area contributed by atoms with E-state index in [2.05, 4.69) is 0 Å². The molecule has 0 fully saturated rings. The van der Waals surface area contributed by atoms with Gasteiger partial charge in [-0.25, -0.2) is 4.79 Å². The van der Waals surface area contributed by atoms with E-state index in [1.54, 1.807) is 17.4 Å². The van der Waals surface area contributed by atoms with Crippen LogP contribution in [0.15, 0.2) is 24.3 Å². The van der Waals surface area contributed by atoms with Crippen LogP contribution in [0, 0.1) is 0 Å². The molecule has 0 aliphatic carbocycles. The zero-order chi connectivity index (χ0) is 17.5. The van der Waals surface area contributed by atoms with E-state index in [4.69, 9.17) is 14.6 Å². The maximum Gasteiger partial charge on any atom is 0.391 e. The number of hydrogen-bond acceptors (Lipinski definition) is 4. The average molecular weight is 335 g/mol. The third-order valence-corrected chi connectivity index (χ3v) is 2.57. The monoisotopic (exact) mass is 335 g/mol. The van der Waals surface area contributed by atoms with E-state index in [1.807, 2.05) is 6.92 Å². The van der Waals surface area contributed by atoms with Crippen LogP contribution < -0.4 is 14.8 Å². The van der Waals surface area contributed by atoms with Gasteiger partial charge in [0.1, 0.15) is 17.5 Å². The Hall–Kier alpha value is -2.45. The molecule has 2 N–H and O–H groups in total. The molecule has 9 heteroatoms. The fourth-order valence-electron chi connectivity index (χ4n) is 1.62. The number of aliphatic carboxylic acids is 1. The van der Waals surface area contributed by atoms with Crippen molar-refractivity contribution >= 4 is 11.9 Å². The minimum Gasteiger partial charge on any atom is -0.494 e. The first-order valence-corrected chi connectivity index (χ1v) is 6.66. The minimum atomic E-state index is -4.70. The number of carbonyl (C=O) groups is 2. The van der Waals surface area contributed by atoms with Crippen LogP contribution in [0.4, 0.5) is 13.2 Å². The molecule has 1 rings (SSSR count). The molecule has 0 heterocycles. The number of amides is 1. The zero-order valence-corrected chi connectivity index (χ0v) is 12.2. The molecule has 0 bridgehead atoms. The largest absolute Gasteiger partial charge is 0.494 e. The van der Waals surface area contributed by atoms with Gasteiger partial charge in [0.05, 0.1) is 13.0 Å². The molecule has 23 heavy (non-hydrogen) atoms. The lowest BCUT2D eigenvalue weighted by atomic mass is 10.2. The van der Waals surface area contributed by atoms with E-state index >= 15 is 0 Å². The van der Waals surface area contributed by atoms with E-state index in [-0.39, 0.29) is 0 Å². The second kappa shape index (κ2) is 8.25. The van der Waals surface area contributed by atoms with Crippen molar-refractivity contribution in [2.75, 3.05) is 13.2 Å². The molecule has 1 aromatic rings. The van der Waals surface area contributed by atoms with Crippen LogP contribution in [0.5, 0.6) is 11.5 Å². The van der Waals surface area contributed by atoms with Crippen molar-refractivity contribution in [3.63, 3.8) is 0 Å². The maximum atomic E-state index is 12.2. The van der Waals surface area contributed by atoms with E-state index in [0.717, 1.165) is 0 Å². The molecule has 6 nitrogen and oxygen atoms in total. The van der Waals surface area contributed by atoms with Gasteiger partial charge in [0, 0.05) is 0 Å². The number of carboxylic acids is 1. The lowest BCUT2D eigenvalue weighted by Crippen LogP contribution is -2.45. The summed E-state index contributed by atoms with van der Waals surface area (Å²) in [5.74, 6) is -1.83. The summed E-state index contributed by atoms with van der Waals surface area (Å²) in [4.78, 5) is 22.2. The Bertz CT molecular complexity index is 530. The number of rotatable bonds is 8. The molecule has 1 atom stereocenters. The number of hydrogen-bond donors (Lipinski definition) is 2. The zero-order valence-electron chi connectivity index (χ0n) is 12.2. The second-order valence-electron chi connectivity index (χ2n) is 4.47. The van der Waals surface area contributed by atoms with Gasteiger partial charge in [-0.05, 0) is 31.2 Å². The van der Waals surface area contributed by atoms with Crippen LogP contribution >= 0.6 is 0 Å². The number of benzene rings is 1. The summed E-state index contributed by atoms with van der Waals surface area (Å²) in [6.45, 7) is 1.70. The molecule has 0 radical (unpaired) electrons. The highest BCUT2D eigenvalue weighted by atomic mass is 19.4. The highest BCUT2D eigenvalue weighted by molar-refractivity contribution is 5.84. The van der Waals surface area contributed by atoms with E-state index < -0.39 is 37.1 Å². The smallest absolute Gasteiger partial charge is 0.391 e. The van der Waals surface area contributed by atoms with Crippen molar-refractivity contribution in [2.45, 2.75) is 25.6 Å². The van der Waals surface area contributed by atoms with E-state index in [0.29, 0.717) is 18.1 Å². The lowest BCUT2D eigenvalue weighted by Gasteiger charge is -2.16. The average Bonchev–Trinajstić information content (AvgIpc) is 2.44. The fourth-order valence-corrected chi connectivity index (χ4v) is 1.62. The number of ether oxygens (including phenoxy) is 2. The first kappa shape index (κ1) is 18.6. The topological polar surface area (TPSA) is 84.9 Å². The molecule has 1 unspecified atom stereocenters. The Labute approximate surface area is 130 Å². The van der Waals surface area contributed by atoms with Gasteiger partial charge in [-0.2, -0.15) is 13.2 Å². The highest BCUT2D eigenvalue weighted by Crippen LogP contribution is 2.21. The van der Waals surface area contributed by atoms with E-state index in [1.165, 1.54) is 12.1 Å². The molecular formula is C14H16F3NO5. The van der Waals surface area contributed by atoms with Gasteiger partial charge in [0.2, 0.25) is 0 Å². The Kier molecular flexibility index (Phi) is 6.67. The third-order valence-electron chi connectivity index (χ3n) is 2.57. The summed E-state index contributed by atoms with van der Waals surface area (Å²) in [5, 5.41) is 10.4. The normalized spacial score (nSPS) is 12.3. The Balaban J connectivity index is 2.50. The van der Waals surface area contributed by atoms with Gasteiger partial charge in [-0.1, -0.05) is 0 Å². The highest BCUT2D eigenvalue weighted by Gasteiger charge is 2.36. The van der Waals surface area contributed by atoms with Crippen LogP contribution in [0.3, 0.4) is 0 Å². The molecule has 1 aromatic carbocycles. The van der Waals surface area contributed by atoms with Crippen LogP contribution in [-0.4, -0.2) is 42.4 Å². The summed E-state index contributed by atoms with van der Waals surface area (Å²) < 4.78 is 46.9. The first-order chi connectivity index (χ1) is 10.7. The quantitative estimate of drug-likeness (QED) is 0.759. The Morgan fingerprint density at radius 2 is 1.70 bits per heavy atom. The predicted octanol–water partition coefficient (Wildman–Crippen LogP) is 1.99. The fraction of sp³-hybridized carbons (Fsp3) is 0.429. The van der Waals surface area contributed by atoms with Crippen LogP contribution in [-0.2, 0) is 9.59 Å². The summed E-state index contributed by atoms with van der Waals surface area (Å²) >= 11 is 0. The van der Waals surface area contributed by atoms with Gasteiger partial charge in [-0.3, -0.25) is 4.79 Å². The number of halogens is 3. The van der Waals surface area contributed by atoms with Gasteiger partial charge < -0.3 is 19.9 Å². The van der Waals surface area contributed by atoms with Crippen molar-refractivity contribution in [2.24, 2.45) is 0 Å². The van der Waals surface area contributed by atoms with Crippen molar-refractivity contribution in [1.82, 2.24) is 5.32 Å². The van der Waals surface area contributed by atoms with Crippen molar-refractivity contribution in [3.8, 4) is 11.5 Å². The van der Waals surface area contributed by atoms with Gasteiger partial charge in [0.15, 0.2) is 6.61 Å². The van der Waals surface area contributed by atoms with Crippen LogP contribution in [0.1, 0.15) is 13.3 Å². The van der Waals surface area contributed by atoms with Crippen molar-refractivity contribution < 1.29 is 37.3 Å². The first-order valence-electron chi connectivity index (χ1n) is 6.66. The number of alkyl halides is 3. The third kappa shape index (κ3) is 7.39. The lowest BCUT2D eigenvalue weighted by molar-refractivity contribution is -0.160.